The van der Waals surface area contributed by atoms with Gasteiger partial charge in [-0.15, -0.1) is 0 Å². The predicted octanol–water partition coefficient (Wildman–Crippen LogP) is 4.20. The summed E-state index contributed by atoms with van der Waals surface area (Å²) in [5.41, 5.74) is 1.54. The molecule has 2 heterocycles. The van der Waals surface area contributed by atoms with Crippen molar-refractivity contribution in [1.82, 2.24) is 10.1 Å². The van der Waals surface area contributed by atoms with Gasteiger partial charge in [0, 0.05) is 10.9 Å². The van der Waals surface area contributed by atoms with Gasteiger partial charge in [-0.3, -0.25) is 0 Å². The van der Waals surface area contributed by atoms with Crippen LogP contribution in [0.5, 0.6) is 0 Å². The number of rotatable bonds is 4. The predicted molar refractivity (Wildman–Crippen MR) is 76.3 cm³/mol. The minimum absolute atomic E-state index is 0.308. The normalized spacial score (nSPS) is 10.7. The van der Waals surface area contributed by atoms with Gasteiger partial charge >= 0.3 is 0 Å². The van der Waals surface area contributed by atoms with Gasteiger partial charge in [0.2, 0.25) is 11.7 Å². The molecule has 0 radical (unpaired) electrons. The molecule has 102 valence electrons. The molecule has 4 nitrogen and oxygen atoms in total. The molecular formula is C13H9ClFN3OS. The van der Waals surface area contributed by atoms with E-state index in [0.29, 0.717) is 29.0 Å². The lowest BCUT2D eigenvalue weighted by Gasteiger charge is -2.05. The molecule has 0 unspecified atom stereocenters. The van der Waals surface area contributed by atoms with Gasteiger partial charge in [-0.05, 0) is 29.6 Å². The summed E-state index contributed by atoms with van der Waals surface area (Å²) < 4.78 is 18.1. The van der Waals surface area contributed by atoms with Crippen LogP contribution in [0.2, 0.25) is 5.02 Å². The third-order valence-corrected chi connectivity index (χ3v) is 3.60. The third kappa shape index (κ3) is 2.81. The lowest BCUT2D eigenvalue weighted by molar-refractivity contribution is 0.384. The molecule has 0 saturated heterocycles. The van der Waals surface area contributed by atoms with Gasteiger partial charge in [0.05, 0.1) is 17.3 Å². The number of aromatic nitrogens is 2. The van der Waals surface area contributed by atoms with E-state index in [2.05, 4.69) is 15.5 Å². The number of nitrogens with zero attached hydrogens (tertiary/aromatic N) is 2. The van der Waals surface area contributed by atoms with E-state index in [0.717, 1.165) is 5.56 Å². The molecule has 3 aromatic rings. The third-order valence-electron chi connectivity index (χ3n) is 2.61. The van der Waals surface area contributed by atoms with Crippen molar-refractivity contribution in [3.8, 4) is 11.4 Å². The maximum Gasteiger partial charge on any atom is 0.246 e. The van der Waals surface area contributed by atoms with Crippen LogP contribution >= 0.6 is 22.9 Å². The second kappa shape index (κ2) is 5.60. The van der Waals surface area contributed by atoms with Crippen molar-refractivity contribution in [2.75, 3.05) is 5.32 Å². The van der Waals surface area contributed by atoms with Gasteiger partial charge in [0.1, 0.15) is 5.82 Å². The van der Waals surface area contributed by atoms with E-state index in [1.165, 1.54) is 12.1 Å². The minimum atomic E-state index is -0.377. The van der Waals surface area contributed by atoms with E-state index in [-0.39, 0.29) is 5.82 Å². The summed E-state index contributed by atoms with van der Waals surface area (Å²) in [6, 6.07) is 6.06. The first kappa shape index (κ1) is 13.1. The summed E-state index contributed by atoms with van der Waals surface area (Å²) in [6.07, 6.45) is 0. The van der Waals surface area contributed by atoms with E-state index in [4.69, 9.17) is 16.1 Å². The highest BCUT2D eigenvalue weighted by atomic mass is 35.5. The second-order valence-electron chi connectivity index (χ2n) is 4.00. The fraction of sp³-hybridized carbons (Fsp3) is 0.0769. The Morgan fingerprint density at radius 1 is 1.35 bits per heavy atom. The molecule has 1 aromatic carbocycles. The summed E-state index contributed by atoms with van der Waals surface area (Å²) in [6.45, 7) is 0.322. The van der Waals surface area contributed by atoms with Crippen LogP contribution in [0.25, 0.3) is 11.4 Å². The average Bonchev–Trinajstić information content (AvgIpc) is 3.08. The smallest absolute Gasteiger partial charge is 0.246 e. The van der Waals surface area contributed by atoms with E-state index in [9.17, 15) is 4.39 Å². The Morgan fingerprint density at radius 2 is 2.25 bits per heavy atom. The summed E-state index contributed by atoms with van der Waals surface area (Å²) >= 11 is 7.48. The van der Waals surface area contributed by atoms with Crippen LogP contribution in [0.4, 0.5) is 10.1 Å². The van der Waals surface area contributed by atoms with Crippen LogP contribution in [-0.4, -0.2) is 10.1 Å². The Kier molecular flexibility index (Phi) is 3.66. The van der Waals surface area contributed by atoms with Crippen LogP contribution in [0.3, 0.4) is 0 Å². The first-order valence-electron chi connectivity index (χ1n) is 5.76. The minimum Gasteiger partial charge on any atom is -0.375 e. The summed E-state index contributed by atoms with van der Waals surface area (Å²) in [5.74, 6) is 0.609. The zero-order valence-corrected chi connectivity index (χ0v) is 11.7. The Hall–Kier alpha value is -1.92. The standard InChI is InChI=1S/C13H9ClFN3OS/c14-10-5-9(15)1-2-11(10)16-6-12-17-13(18-19-12)8-3-4-20-7-8/h1-5,7,16H,6H2. The number of benzene rings is 1. The Labute approximate surface area is 123 Å². The topological polar surface area (TPSA) is 51.0 Å². The number of hydrogen-bond donors (Lipinski definition) is 1. The Morgan fingerprint density at radius 3 is 3.00 bits per heavy atom. The van der Waals surface area contributed by atoms with Crippen LogP contribution < -0.4 is 5.32 Å². The number of anilines is 1. The van der Waals surface area contributed by atoms with Crippen LogP contribution in [-0.2, 0) is 6.54 Å². The van der Waals surface area contributed by atoms with Crippen molar-refractivity contribution in [3.63, 3.8) is 0 Å². The molecule has 0 saturated carbocycles. The maximum absolute atomic E-state index is 12.9. The number of hydrogen-bond acceptors (Lipinski definition) is 5. The van der Waals surface area contributed by atoms with Gasteiger partial charge in [-0.25, -0.2) is 4.39 Å². The van der Waals surface area contributed by atoms with E-state index >= 15 is 0 Å². The van der Waals surface area contributed by atoms with Crippen molar-refractivity contribution in [3.05, 3.63) is 51.8 Å². The molecule has 7 heteroatoms. The van der Waals surface area contributed by atoms with Crippen molar-refractivity contribution in [2.24, 2.45) is 0 Å². The van der Waals surface area contributed by atoms with Crippen molar-refractivity contribution in [1.29, 1.82) is 0 Å². The molecule has 0 bridgehead atoms. The first-order valence-corrected chi connectivity index (χ1v) is 7.08. The zero-order chi connectivity index (χ0) is 13.9. The van der Waals surface area contributed by atoms with E-state index in [1.54, 1.807) is 17.4 Å². The highest BCUT2D eigenvalue weighted by Crippen LogP contribution is 2.23. The SMILES string of the molecule is Fc1ccc(NCc2nc(-c3ccsc3)no2)c(Cl)c1. The fourth-order valence-electron chi connectivity index (χ4n) is 1.64. The van der Waals surface area contributed by atoms with Crippen molar-refractivity contribution < 1.29 is 8.91 Å². The molecule has 1 N–H and O–H groups in total. The number of halogens is 2. The molecule has 0 spiro atoms. The Balaban J connectivity index is 1.70. The van der Waals surface area contributed by atoms with Gasteiger partial charge in [-0.2, -0.15) is 16.3 Å². The molecule has 3 rings (SSSR count). The summed E-state index contributed by atoms with van der Waals surface area (Å²) in [5, 5.41) is 11.1. The quantitative estimate of drug-likeness (QED) is 0.784. The van der Waals surface area contributed by atoms with Crippen LogP contribution in [0.15, 0.2) is 39.5 Å². The zero-order valence-electron chi connectivity index (χ0n) is 10.1. The maximum atomic E-state index is 12.9. The van der Waals surface area contributed by atoms with Crippen molar-refractivity contribution >= 4 is 28.6 Å². The monoisotopic (exact) mass is 309 g/mol. The molecule has 20 heavy (non-hydrogen) atoms. The van der Waals surface area contributed by atoms with E-state index in [1.807, 2.05) is 16.8 Å². The number of thiophene rings is 1. The van der Waals surface area contributed by atoms with Crippen LogP contribution in [0, 0.1) is 5.82 Å². The molecular weight excluding hydrogens is 301 g/mol. The number of nitrogens with one attached hydrogen (secondary N) is 1. The lowest BCUT2D eigenvalue weighted by Crippen LogP contribution is -2.00. The lowest BCUT2D eigenvalue weighted by atomic mass is 10.3. The molecule has 2 aromatic heterocycles. The van der Waals surface area contributed by atoms with Gasteiger partial charge in [0.25, 0.3) is 0 Å². The highest BCUT2D eigenvalue weighted by Gasteiger charge is 2.09. The van der Waals surface area contributed by atoms with Gasteiger partial charge in [-0.1, -0.05) is 16.8 Å². The fourth-order valence-corrected chi connectivity index (χ4v) is 2.51. The largest absolute Gasteiger partial charge is 0.375 e. The molecule has 0 atom stereocenters. The molecule has 0 aliphatic rings. The molecule has 0 fully saturated rings. The van der Waals surface area contributed by atoms with Gasteiger partial charge in [0.15, 0.2) is 0 Å². The summed E-state index contributed by atoms with van der Waals surface area (Å²) in [4.78, 5) is 4.26. The van der Waals surface area contributed by atoms with Crippen molar-refractivity contribution in [2.45, 2.75) is 6.54 Å². The van der Waals surface area contributed by atoms with Gasteiger partial charge < -0.3 is 9.84 Å². The van der Waals surface area contributed by atoms with E-state index < -0.39 is 0 Å². The molecule has 0 aliphatic carbocycles. The second-order valence-corrected chi connectivity index (χ2v) is 5.19. The Bertz CT molecular complexity index is 714. The summed E-state index contributed by atoms with van der Waals surface area (Å²) in [7, 11) is 0. The molecule has 0 aliphatic heterocycles. The highest BCUT2D eigenvalue weighted by molar-refractivity contribution is 7.08. The molecule has 0 amide bonds. The van der Waals surface area contributed by atoms with Crippen LogP contribution in [0.1, 0.15) is 5.89 Å². The first-order chi connectivity index (χ1) is 9.72. The average molecular weight is 310 g/mol.